The number of nitrogens with two attached hydrogens (primary N) is 1. The van der Waals surface area contributed by atoms with Crippen LogP contribution in [0.1, 0.15) is 22.6 Å². The van der Waals surface area contributed by atoms with Crippen LogP contribution in [0.5, 0.6) is 5.88 Å². The highest BCUT2D eigenvalue weighted by Crippen LogP contribution is 2.56. The van der Waals surface area contributed by atoms with Crippen molar-refractivity contribution < 1.29 is 4.74 Å². The van der Waals surface area contributed by atoms with Crippen molar-refractivity contribution in [3.8, 4) is 17.6 Å². The van der Waals surface area contributed by atoms with Crippen LogP contribution in [0.25, 0.3) is 16.6 Å². The van der Waals surface area contributed by atoms with Gasteiger partial charge in [-0.3, -0.25) is 14.5 Å². The standard InChI is InChI=1S/C22H14N6O2/c1-11-17-19(27-26-11)30-18(24)14(10-23)22(17)13-7-3-5-9-16(13)28-20(29)12-6-2-4-8-15(12)25-21(22)28/h2-9H,24H2,1H3,(H,26,27)/t22-/m0/s1. The first-order chi connectivity index (χ1) is 14.6. The highest BCUT2D eigenvalue weighted by Gasteiger charge is 2.57. The number of rotatable bonds is 0. The van der Waals surface area contributed by atoms with Crippen molar-refractivity contribution >= 4 is 10.9 Å². The maximum Gasteiger partial charge on any atom is 0.266 e. The maximum atomic E-state index is 13.6. The van der Waals surface area contributed by atoms with E-state index in [1.807, 2.05) is 37.3 Å². The number of aromatic amines is 1. The fourth-order valence-electron chi connectivity index (χ4n) is 4.73. The zero-order valence-electron chi connectivity index (χ0n) is 15.8. The number of nitriles is 1. The number of nitrogens with zero attached hydrogens (tertiary/aromatic N) is 4. The molecular formula is C22H14N6O2. The summed E-state index contributed by atoms with van der Waals surface area (Å²) in [6.07, 6.45) is 0. The van der Waals surface area contributed by atoms with Crippen molar-refractivity contribution in [1.82, 2.24) is 19.7 Å². The molecule has 0 saturated carbocycles. The number of hydrogen-bond donors (Lipinski definition) is 2. The van der Waals surface area contributed by atoms with Gasteiger partial charge in [-0.2, -0.15) is 5.26 Å². The lowest BCUT2D eigenvalue weighted by molar-refractivity contribution is 0.365. The molecule has 0 bridgehead atoms. The molecule has 0 unspecified atom stereocenters. The van der Waals surface area contributed by atoms with Crippen LogP contribution in [0.15, 0.2) is 64.8 Å². The van der Waals surface area contributed by atoms with Crippen LogP contribution in [-0.4, -0.2) is 19.7 Å². The fourth-order valence-corrected chi connectivity index (χ4v) is 4.73. The molecule has 8 heteroatoms. The largest absolute Gasteiger partial charge is 0.420 e. The Balaban J connectivity index is 1.92. The van der Waals surface area contributed by atoms with Crippen LogP contribution in [0.4, 0.5) is 0 Å². The molecule has 0 amide bonds. The molecule has 4 aromatic rings. The molecule has 0 radical (unpaired) electrons. The Morgan fingerprint density at radius 1 is 1.20 bits per heavy atom. The molecule has 1 spiro atoms. The van der Waals surface area contributed by atoms with Crippen molar-refractivity contribution in [2.45, 2.75) is 12.3 Å². The number of aromatic nitrogens is 4. The number of nitrogens with one attached hydrogen (secondary N) is 1. The first kappa shape index (κ1) is 16.6. The van der Waals surface area contributed by atoms with Crippen LogP contribution in [0.3, 0.4) is 0 Å². The summed E-state index contributed by atoms with van der Waals surface area (Å²) in [6.45, 7) is 1.85. The monoisotopic (exact) mass is 394 g/mol. The van der Waals surface area contributed by atoms with Gasteiger partial charge >= 0.3 is 0 Å². The second-order valence-electron chi connectivity index (χ2n) is 7.34. The number of H-pyrrole nitrogens is 1. The number of hydrogen-bond acceptors (Lipinski definition) is 6. The summed E-state index contributed by atoms with van der Waals surface area (Å²) < 4.78 is 7.24. The van der Waals surface area contributed by atoms with Gasteiger partial charge in [0.15, 0.2) is 0 Å². The van der Waals surface area contributed by atoms with Gasteiger partial charge in [0.2, 0.25) is 11.8 Å². The third kappa shape index (κ3) is 1.69. The average Bonchev–Trinajstić information content (AvgIpc) is 3.25. The van der Waals surface area contributed by atoms with Gasteiger partial charge in [0.1, 0.15) is 22.9 Å². The van der Waals surface area contributed by atoms with Gasteiger partial charge in [0, 0.05) is 11.3 Å². The molecule has 3 N–H and O–H groups in total. The minimum atomic E-state index is -1.21. The van der Waals surface area contributed by atoms with Crippen LogP contribution >= 0.6 is 0 Å². The molecular weight excluding hydrogens is 380 g/mol. The van der Waals surface area contributed by atoms with E-state index in [0.717, 1.165) is 5.56 Å². The lowest BCUT2D eigenvalue weighted by Gasteiger charge is -2.33. The highest BCUT2D eigenvalue weighted by molar-refractivity contribution is 5.81. The minimum Gasteiger partial charge on any atom is -0.420 e. The molecule has 8 nitrogen and oxygen atoms in total. The van der Waals surface area contributed by atoms with Gasteiger partial charge < -0.3 is 10.5 Å². The number of fused-ring (bicyclic) bond motifs is 8. The van der Waals surface area contributed by atoms with Crippen LogP contribution in [-0.2, 0) is 5.41 Å². The zero-order valence-corrected chi connectivity index (χ0v) is 15.8. The van der Waals surface area contributed by atoms with Gasteiger partial charge in [0.25, 0.3) is 5.56 Å². The molecule has 4 heterocycles. The number of para-hydroxylation sites is 2. The third-order valence-corrected chi connectivity index (χ3v) is 5.89. The van der Waals surface area contributed by atoms with Gasteiger partial charge in [-0.05, 0) is 25.1 Å². The summed E-state index contributed by atoms with van der Waals surface area (Å²) in [5.41, 5.74) is 8.25. The molecule has 30 heavy (non-hydrogen) atoms. The van der Waals surface area contributed by atoms with E-state index in [1.54, 1.807) is 22.8 Å². The molecule has 2 aliphatic rings. The Morgan fingerprint density at radius 2 is 1.97 bits per heavy atom. The number of aryl methyl sites for hydroxylation is 1. The topological polar surface area (TPSA) is 123 Å². The minimum absolute atomic E-state index is 0.0536. The van der Waals surface area contributed by atoms with Crippen molar-refractivity contribution in [2.75, 3.05) is 0 Å². The van der Waals surface area contributed by atoms with E-state index in [2.05, 4.69) is 16.3 Å². The molecule has 2 aromatic heterocycles. The van der Waals surface area contributed by atoms with E-state index in [1.165, 1.54) is 0 Å². The first-order valence-corrected chi connectivity index (χ1v) is 9.34. The first-order valence-electron chi connectivity index (χ1n) is 9.34. The molecule has 0 fully saturated rings. The van der Waals surface area contributed by atoms with Crippen molar-refractivity contribution in [1.29, 1.82) is 5.26 Å². The van der Waals surface area contributed by atoms with Crippen molar-refractivity contribution in [3.05, 3.63) is 93.0 Å². The number of ether oxygens (including phenoxy) is 1. The van der Waals surface area contributed by atoms with E-state index in [9.17, 15) is 10.1 Å². The van der Waals surface area contributed by atoms with E-state index >= 15 is 0 Å². The highest BCUT2D eigenvalue weighted by atomic mass is 16.5. The van der Waals surface area contributed by atoms with Gasteiger partial charge in [-0.15, -0.1) is 5.10 Å². The Bertz CT molecular complexity index is 1540. The molecule has 2 aliphatic heterocycles. The zero-order chi connectivity index (χ0) is 20.6. The second-order valence-corrected chi connectivity index (χ2v) is 7.34. The average molecular weight is 394 g/mol. The predicted octanol–water partition coefficient (Wildman–Crippen LogP) is 2.15. The lowest BCUT2D eigenvalue weighted by Crippen LogP contribution is -2.38. The Hall–Kier alpha value is -4.38. The van der Waals surface area contributed by atoms with Crippen molar-refractivity contribution in [3.63, 3.8) is 0 Å². The van der Waals surface area contributed by atoms with Gasteiger partial charge in [-0.1, -0.05) is 30.3 Å². The summed E-state index contributed by atoms with van der Waals surface area (Å²) in [6, 6.07) is 16.9. The van der Waals surface area contributed by atoms with E-state index < -0.39 is 5.41 Å². The molecule has 0 saturated heterocycles. The molecule has 2 aromatic carbocycles. The van der Waals surface area contributed by atoms with Gasteiger partial charge in [-0.25, -0.2) is 4.98 Å². The number of allylic oxidation sites excluding steroid dienone is 1. The summed E-state index contributed by atoms with van der Waals surface area (Å²) >= 11 is 0. The molecule has 0 aliphatic carbocycles. The summed E-state index contributed by atoms with van der Waals surface area (Å²) in [5.74, 6) is 0.623. The predicted molar refractivity (Wildman–Crippen MR) is 108 cm³/mol. The van der Waals surface area contributed by atoms with Crippen LogP contribution < -0.4 is 16.0 Å². The normalized spacial score (nSPS) is 18.7. The lowest BCUT2D eigenvalue weighted by atomic mass is 9.68. The van der Waals surface area contributed by atoms with E-state index in [4.69, 9.17) is 15.5 Å². The Kier molecular flexibility index (Phi) is 2.96. The van der Waals surface area contributed by atoms with Gasteiger partial charge in [0.05, 0.1) is 22.2 Å². The fraction of sp³-hybridized carbons (Fsp3) is 0.0909. The molecule has 6 rings (SSSR count). The Morgan fingerprint density at radius 3 is 2.80 bits per heavy atom. The van der Waals surface area contributed by atoms with E-state index in [0.29, 0.717) is 33.7 Å². The molecule has 1 atom stereocenters. The Labute approximate surface area is 169 Å². The molecule has 144 valence electrons. The van der Waals surface area contributed by atoms with Crippen LogP contribution in [0.2, 0.25) is 0 Å². The van der Waals surface area contributed by atoms with Crippen LogP contribution in [0, 0.1) is 18.3 Å². The summed E-state index contributed by atoms with van der Waals surface area (Å²) in [7, 11) is 0. The second kappa shape index (κ2) is 5.36. The smallest absolute Gasteiger partial charge is 0.266 e. The van der Waals surface area contributed by atoms with E-state index in [-0.39, 0.29) is 22.9 Å². The maximum absolute atomic E-state index is 13.6. The third-order valence-electron chi connectivity index (χ3n) is 5.89. The van der Waals surface area contributed by atoms with Crippen molar-refractivity contribution in [2.24, 2.45) is 5.73 Å². The SMILES string of the molecule is Cc1[nH]nc2c1[C@@]1(C(C#N)=C(N)O2)c2ccccc2-n2c1nc1ccccc1c2=O. The number of benzene rings is 2. The summed E-state index contributed by atoms with van der Waals surface area (Å²) in [5, 5.41) is 17.8. The summed E-state index contributed by atoms with van der Waals surface area (Å²) in [4.78, 5) is 18.4. The quantitative estimate of drug-likeness (QED) is 0.471.